The molecule has 0 saturated heterocycles. The third kappa shape index (κ3) is 4.08. The summed E-state index contributed by atoms with van der Waals surface area (Å²) in [6, 6.07) is 12.2. The lowest BCUT2D eigenvalue weighted by molar-refractivity contribution is 0.277. The Kier molecular flexibility index (Phi) is 5.62. The molecule has 0 spiro atoms. The lowest BCUT2D eigenvalue weighted by Gasteiger charge is -2.09. The van der Waals surface area contributed by atoms with Gasteiger partial charge in [0, 0.05) is 11.3 Å². The van der Waals surface area contributed by atoms with Gasteiger partial charge in [-0.1, -0.05) is 41.6 Å². The number of halogens is 1. The smallest absolute Gasteiger partial charge is 0.210 e. The first-order chi connectivity index (χ1) is 12.6. The molecule has 0 radical (unpaired) electrons. The molecule has 1 heterocycles. The molecule has 0 aliphatic heterocycles. The van der Waals surface area contributed by atoms with Crippen LogP contribution in [-0.2, 0) is 12.4 Å². The van der Waals surface area contributed by atoms with Gasteiger partial charge in [0.1, 0.15) is 12.4 Å². The molecule has 1 aromatic heterocycles. The van der Waals surface area contributed by atoms with Crippen molar-refractivity contribution < 1.29 is 13.9 Å². The van der Waals surface area contributed by atoms with E-state index in [0.29, 0.717) is 16.7 Å². The summed E-state index contributed by atoms with van der Waals surface area (Å²) in [4.78, 5) is 0. The minimum Gasteiger partial charge on any atom is -0.496 e. The maximum absolute atomic E-state index is 13.6. The number of aromatic nitrogens is 3. The average Bonchev–Trinajstić information content (AvgIpc) is 2.99. The summed E-state index contributed by atoms with van der Waals surface area (Å²) in [6.07, 6.45) is 0. The fourth-order valence-electron chi connectivity index (χ4n) is 2.37. The second-order valence-electron chi connectivity index (χ2n) is 5.59. The van der Waals surface area contributed by atoms with Gasteiger partial charge in [-0.2, -0.15) is 0 Å². The first-order valence-corrected chi connectivity index (χ1v) is 8.90. The van der Waals surface area contributed by atoms with E-state index in [1.165, 1.54) is 22.5 Å². The summed E-state index contributed by atoms with van der Waals surface area (Å²) >= 11 is 1.44. The van der Waals surface area contributed by atoms with Gasteiger partial charge < -0.3 is 15.3 Å². The number of methoxy groups -OCH3 is 1. The molecule has 0 amide bonds. The molecule has 0 fully saturated rings. The quantitative estimate of drug-likeness (QED) is 0.505. The van der Waals surface area contributed by atoms with Crippen LogP contribution in [0.3, 0.4) is 0 Å². The lowest BCUT2D eigenvalue weighted by atomic mass is 10.1. The predicted octanol–water partition coefficient (Wildman–Crippen LogP) is 3.32. The van der Waals surface area contributed by atoms with Crippen LogP contribution in [0, 0.1) is 12.7 Å². The number of aryl methyl sites for hydroxylation is 1. The standard InChI is InChI=1S/C18H19FN4O2S/c1-12-7-8-15(24-2)13(9-12)11-26-18-22-21-17(23(18)20)10-25-16-6-4-3-5-14(16)19/h3-9H,10-11,20H2,1-2H3. The van der Waals surface area contributed by atoms with Crippen LogP contribution < -0.4 is 15.3 Å². The second kappa shape index (κ2) is 8.09. The Hall–Kier alpha value is -2.74. The Bertz CT molecular complexity index is 901. The third-order valence-corrected chi connectivity index (χ3v) is 4.71. The van der Waals surface area contributed by atoms with Gasteiger partial charge in [0.2, 0.25) is 5.16 Å². The number of nitrogen functional groups attached to an aromatic ring is 1. The van der Waals surface area contributed by atoms with E-state index in [0.717, 1.165) is 16.9 Å². The van der Waals surface area contributed by atoms with Crippen molar-refractivity contribution in [2.24, 2.45) is 0 Å². The zero-order valence-corrected chi connectivity index (χ0v) is 15.3. The van der Waals surface area contributed by atoms with Crippen LogP contribution in [-0.4, -0.2) is 22.0 Å². The lowest BCUT2D eigenvalue weighted by Crippen LogP contribution is -2.16. The Labute approximate surface area is 155 Å². The molecule has 0 atom stereocenters. The molecule has 136 valence electrons. The van der Waals surface area contributed by atoms with Crippen molar-refractivity contribution in [3.05, 3.63) is 65.2 Å². The molecule has 8 heteroatoms. The number of ether oxygens (including phenoxy) is 2. The number of thioether (sulfide) groups is 1. The number of nitrogens with two attached hydrogens (primary N) is 1. The highest BCUT2D eigenvalue weighted by atomic mass is 32.2. The monoisotopic (exact) mass is 374 g/mol. The molecule has 6 nitrogen and oxygen atoms in total. The van der Waals surface area contributed by atoms with Gasteiger partial charge in [-0.3, -0.25) is 0 Å². The van der Waals surface area contributed by atoms with Gasteiger partial charge in [0.25, 0.3) is 0 Å². The normalized spacial score (nSPS) is 10.7. The van der Waals surface area contributed by atoms with Crippen LogP contribution in [0.5, 0.6) is 11.5 Å². The van der Waals surface area contributed by atoms with Gasteiger partial charge in [-0.05, 0) is 25.1 Å². The van der Waals surface area contributed by atoms with E-state index in [4.69, 9.17) is 15.3 Å². The van der Waals surface area contributed by atoms with Crippen LogP contribution in [0.1, 0.15) is 17.0 Å². The van der Waals surface area contributed by atoms with Crippen LogP contribution >= 0.6 is 11.8 Å². The van der Waals surface area contributed by atoms with Gasteiger partial charge >= 0.3 is 0 Å². The molecule has 0 saturated carbocycles. The van der Waals surface area contributed by atoms with Gasteiger partial charge in [0.15, 0.2) is 17.4 Å². The summed E-state index contributed by atoms with van der Waals surface area (Å²) in [5, 5.41) is 8.64. The van der Waals surface area contributed by atoms with Crippen molar-refractivity contribution in [2.75, 3.05) is 13.0 Å². The van der Waals surface area contributed by atoms with Crippen LogP contribution in [0.25, 0.3) is 0 Å². The van der Waals surface area contributed by atoms with Crippen molar-refractivity contribution in [3.63, 3.8) is 0 Å². The topological polar surface area (TPSA) is 75.2 Å². The van der Waals surface area contributed by atoms with Crippen LogP contribution in [0.15, 0.2) is 47.6 Å². The molecule has 0 unspecified atom stereocenters. The van der Waals surface area contributed by atoms with Crippen LogP contribution in [0.4, 0.5) is 4.39 Å². The summed E-state index contributed by atoms with van der Waals surface area (Å²) < 4.78 is 25.8. The maximum Gasteiger partial charge on any atom is 0.210 e. The Morgan fingerprint density at radius 1 is 1.15 bits per heavy atom. The molecule has 0 aliphatic rings. The number of para-hydroxylation sites is 1. The summed E-state index contributed by atoms with van der Waals surface area (Å²) in [5.41, 5.74) is 2.19. The highest BCUT2D eigenvalue weighted by Gasteiger charge is 2.13. The van der Waals surface area contributed by atoms with Crippen molar-refractivity contribution in [2.45, 2.75) is 24.4 Å². The summed E-state index contributed by atoms with van der Waals surface area (Å²) in [7, 11) is 1.64. The van der Waals surface area contributed by atoms with Crippen LogP contribution in [0.2, 0.25) is 0 Å². The van der Waals surface area contributed by atoms with Gasteiger partial charge in [0.05, 0.1) is 7.11 Å². The third-order valence-electron chi connectivity index (χ3n) is 3.72. The maximum atomic E-state index is 13.6. The number of rotatable bonds is 7. The Morgan fingerprint density at radius 3 is 2.73 bits per heavy atom. The SMILES string of the molecule is COc1ccc(C)cc1CSc1nnc(COc2ccccc2F)n1N. The molecule has 3 aromatic rings. The minimum atomic E-state index is -0.434. The minimum absolute atomic E-state index is 0.0265. The van der Waals surface area contributed by atoms with Crippen molar-refractivity contribution in [1.29, 1.82) is 0 Å². The zero-order chi connectivity index (χ0) is 18.5. The Balaban J connectivity index is 1.66. The number of benzene rings is 2. The van der Waals surface area contributed by atoms with E-state index in [-0.39, 0.29) is 12.4 Å². The van der Waals surface area contributed by atoms with Crippen molar-refractivity contribution >= 4 is 11.8 Å². The Morgan fingerprint density at radius 2 is 1.96 bits per heavy atom. The molecular formula is C18H19FN4O2S. The van der Waals surface area contributed by atoms with Gasteiger partial charge in [-0.15, -0.1) is 10.2 Å². The molecule has 2 aromatic carbocycles. The first kappa shape index (κ1) is 18.1. The van der Waals surface area contributed by atoms with E-state index >= 15 is 0 Å². The van der Waals surface area contributed by atoms with Gasteiger partial charge in [-0.25, -0.2) is 9.07 Å². The molecule has 0 aliphatic carbocycles. The molecular weight excluding hydrogens is 355 g/mol. The predicted molar refractivity (Wildman–Crippen MR) is 98.2 cm³/mol. The van der Waals surface area contributed by atoms with E-state index in [1.807, 2.05) is 19.1 Å². The van der Waals surface area contributed by atoms with Crippen molar-refractivity contribution in [3.8, 4) is 11.5 Å². The molecule has 0 bridgehead atoms. The molecule has 26 heavy (non-hydrogen) atoms. The number of nitrogens with zero attached hydrogens (tertiary/aromatic N) is 3. The van der Waals surface area contributed by atoms with E-state index in [1.54, 1.807) is 25.3 Å². The first-order valence-electron chi connectivity index (χ1n) is 7.91. The number of hydrogen-bond donors (Lipinski definition) is 1. The summed E-state index contributed by atoms with van der Waals surface area (Å²) in [5.74, 6) is 7.61. The average molecular weight is 374 g/mol. The second-order valence-corrected chi connectivity index (χ2v) is 6.53. The van der Waals surface area contributed by atoms with E-state index in [9.17, 15) is 4.39 Å². The van der Waals surface area contributed by atoms with Crippen molar-refractivity contribution in [1.82, 2.24) is 14.9 Å². The number of hydrogen-bond acceptors (Lipinski definition) is 6. The largest absolute Gasteiger partial charge is 0.496 e. The summed E-state index contributed by atoms with van der Waals surface area (Å²) in [6.45, 7) is 2.05. The van der Waals surface area contributed by atoms with E-state index < -0.39 is 5.82 Å². The zero-order valence-electron chi connectivity index (χ0n) is 14.5. The molecule has 3 rings (SSSR count). The molecule has 2 N–H and O–H groups in total. The highest BCUT2D eigenvalue weighted by molar-refractivity contribution is 7.98. The fourth-order valence-corrected chi connectivity index (χ4v) is 3.22. The highest BCUT2D eigenvalue weighted by Crippen LogP contribution is 2.27. The van der Waals surface area contributed by atoms with E-state index in [2.05, 4.69) is 16.3 Å². The fraction of sp³-hybridized carbons (Fsp3) is 0.222.